The molecule has 33 heavy (non-hydrogen) atoms. The minimum absolute atomic E-state index is 0.0616. The second-order valence-corrected chi connectivity index (χ2v) is 8.09. The fourth-order valence-electron chi connectivity index (χ4n) is 3.96. The molecule has 5 rings (SSSR count). The van der Waals surface area contributed by atoms with Crippen molar-refractivity contribution in [2.45, 2.75) is 5.92 Å². The summed E-state index contributed by atoms with van der Waals surface area (Å²) in [7, 11) is 0. The number of benzene rings is 3. The van der Waals surface area contributed by atoms with E-state index in [1.165, 1.54) is 12.1 Å². The highest BCUT2D eigenvalue weighted by Gasteiger charge is 2.32. The Kier molecular flexibility index (Phi) is 5.29. The molecule has 0 aliphatic carbocycles. The molecule has 1 aliphatic heterocycles. The molecule has 4 nitrogen and oxygen atoms in total. The van der Waals surface area contributed by atoms with Gasteiger partial charge in [-0.15, -0.1) is 0 Å². The van der Waals surface area contributed by atoms with Crippen molar-refractivity contribution in [2.24, 2.45) is 5.73 Å². The summed E-state index contributed by atoms with van der Waals surface area (Å²) in [6.45, 7) is 0. The molecule has 4 aromatic rings. The Hall–Kier alpha value is -4.14. The topological polar surface area (TPSA) is 71.9 Å². The number of hydrogen-bond acceptors (Lipinski definition) is 4. The van der Waals surface area contributed by atoms with Crippen LogP contribution in [0.3, 0.4) is 0 Å². The van der Waals surface area contributed by atoms with E-state index < -0.39 is 0 Å². The Labute approximate surface area is 195 Å². The number of rotatable bonds is 3. The van der Waals surface area contributed by atoms with E-state index in [2.05, 4.69) is 6.07 Å². The predicted octanol–water partition coefficient (Wildman–Crippen LogP) is 6.42. The minimum Gasteiger partial charge on any atom is -0.438 e. The first-order valence-corrected chi connectivity index (χ1v) is 10.6. The highest BCUT2D eigenvalue weighted by molar-refractivity contribution is 6.30. The van der Waals surface area contributed by atoms with Crippen molar-refractivity contribution in [2.75, 3.05) is 0 Å². The Morgan fingerprint density at radius 1 is 0.970 bits per heavy atom. The van der Waals surface area contributed by atoms with Crippen molar-refractivity contribution < 1.29 is 9.13 Å². The highest BCUT2D eigenvalue weighted by Crippen LogP contribution is 2.45. The molecule has 1 unspecified atom stereocenters. The van der Waals surface area contributed by atoms with Gasteiger partial charge in [-0.05, 0) is 47.5 Å². The number of nitriles is 1. The number of ether oxygens (including phenoxy) is 1. The molecule has 2 N–H and O–H groups in total. The second-order valence-electron chi connectivity index (χ2n) is 7.65. The molecule has 1 atom stereocenters. The molecular formula is C27H17ClFN3O. The van der Waals surface area contributed by atoms with Crippen molar-refractivity contribution >= 4 is 34.7 Å². The van der Waals surface area contributed by atoms with Gasteiger partial charge in [-0.3, -0.25) is 0 Å². The van der Waals surface area contributed by atoms with Crippen LogP contribution in [0.1, 0.15) is 28.3 Å². The van der Waals surface area contributed by atoms with Gasteiger partial charge in [0.2, 0.25) is 5.88 Å². The van der Waals surface area contributed by atoms with E-state index in [0.717, 1.165) is 22.1 Å². The number of nitrogens with zero attached hydrogens (tertiary/aromatic N) is 2. The molecule has 0 saturated carbocycles. The Balaban J connectivity index is 1.62. The fourth-order valence-corrected chi connectivity index (χ4v) is 4.09. The zero-order valence-electron chi connectivity index (χ0n) is 17.3. The molecule has 6 heteroatoms. The lowest BCUT2D eigenvalue weighted by Crippen LogP contribution is -2.21. The number of nitrogens with two attached hydrogens (primary N) is 1. The number of pyridine rings is 1. The zero-order valence-corrected chi connectivity index (χ0v) is 18.1. The maximum atomic E-state index is 13.2. The van der Waals surface area contributed by atoms with Crippen molar-refractivity contribution in [3.8, 4) is 11.8 Å². The van der Waals surface area contributed by atoms with Crippen LogP contribution in [0, 0.1) is 17.1 Å². The van der Waals surface area contributed by atoms with Gasteiger partial charge in [-0.2, -0.15) is 5.26 Å². The lowest BCUT2D eigenvalue weighted by atomic mass is 9.83. The van der Waals surface area contributed by atoms with Crippen LogP contribution in [0.4, 0.5) is 4.39 Å². The molecule has 0 spiro atoms. The summed E-state index contributed by atoms with van der Waals surface area (Å²) in [5.41, 5.74) is 10.4. The minimum atomic E-state index is -0.388. The van der Waals surface area contributed by atoms with E-state index in [0.29, 0.717) is 27.6 Å². The summed E-state index contributed by atoms with van der Waals surface area (Å²) in [4.78, 5) is 4.78. The molecule has 0 saturated heterocycles. The smallest absolute Gasteiger partial charge is 0.205 e. The predicted molar refractivity (Wildman–Crippen MR) is 128 cm³/mol. The molecule has 0 amide bonds. The average molecular weight is 454 g/mol. The van der Waals surface area contributed by atoms with Crippen molar-refractivity contribution in [3.05, 3.63) is 117 Å². The van der Waals surface area contributed by atoms with Gasteiger partial charge >= 0.3 is 0 Å². The number of hydrogen-bond donors (Lipinski definition) is 1. The third kappa shape index (κ3) is 3.93. The van der Waals surface area contributed by atoms with Crippen LogP contribution in [-0.2, 0) is 0 Å². The van der Waals surface area contributed by atoms with Gasteiger partial charge in [0.15, 0.2) is 5.75 Å². The number of halogens is 2. The van der Waals surface area contributed by atoms with E-state index in [4.69, 9.17) is 27.1 Å². The van der Waals surface area contributed by atoms with E-state index in [9.17, 15) is 9.65 Å². The summed E-state index contributed by atoms with van der Waals surface area (Å²) >= 11 is 6.07. The first kappa shape index (κ1) is 20.7. The summed E-state index contributed by atoms with van der Waals surface area (Å²) in [5.74, 6) is -0.0782. The van der Waals surface area contributed by atoms with Crippen molar-refractivity contribution in [3.63, 3.8) is 0 Å². The largest absolute Gasteiger partial charge is 0.438 e. The summed E-state index contributed by atoms with van der Waals surface area (Å²) in [5, 5.41) is 11.3. The lowest BCUT2D eigenvalue weighted by Gasteiger charge is -2.27. The standard InChI is InChI=1S/C27H17ClFN3O/c28-19-8-4-17(5-9-19)24-22-14-7-18-6-13-21(12-3-16-1-10-20(29)11-2-16)32-25(18)26(22)33-27(31)23(24)15-30/h1-14,24H,31H2/b12-3+. The van der Waals surface area contributed by atoms with Crippen LogP contribution in [0.25, 0.3) is 23.1 Å². The Bertz CT molecular complexity index is 1470. The average Bonchev–Trinajstić information content (AvgIpc) is 2.83. The monoisotopic (exact) mass is 453 g/mol. The van der Waals surface area contributed by atoms with Gasteiger partial charge in [-0.1, -0.05) is 60.1 Å². The van der Waals surface area contributed by atoms with Gasteiger partial charge < -0.3 is 10.5 Å². The van der Waals surface area contributed by atoms with Gasteiger partial charge in [-0.25, -0.2) is 9.37 Å². The fraction of sp³-hybridized carbons (Fsp3) is 0.0370. The number of allylic oxidation sites excluding steroid dienone is 1. The van der Waals surface area contributed by atoms with Gasteiger partial charge in [0.25, 0.3) is 0 Å². The SMILES string of the molecule is N#CC1=C(N)Oc2c(ccc3ccc(/C=C/c4ccc(F)cc4)nc23)C1c1ccc(Cl)cc1. The number of aromatic nitrogens is 1. The van der Waals surface area contributed by atoms with Crippen LogP contribution in [0.5, 0.6) is 5.75 Å². The summed E-state index contributed by atoms with van der Waals surface area (Å²) < 4.78 is 19.1. The molecule has 2 heterocycles. The Morgan fingerprint density at radius 2 is 1.70 bits per heavy atom. The second kappa shape index (κ2) is 8.42. The maximum Gasteiger partial charge on any atom is 0.205 e. The molecule has 1 aliphatic rings. The quantitative estimate of drug-likeness (QED) is 0.388. The van der Waals surface area contributed by atoms with Crippen LogP contribution >= 0.6 is 11.6 Å². The normalized spacial score (nSPS) is 15.4. The van der Waals surface area contributed by atoms with E-state index in [-0.39, 0.29) is 17.6 Å². The van der Waals surface area contributed by atoms with Crippen LogP contribution < -0.4 is 10.5 Å². The van der Waals surface area contributed by atoms with E-state index in [1.54, 1.807) is 24.3 Å². The van der Waals surface area contributed by atoms with Gasteiger partial charge in [0.05, 0.1) is 11.6 Å². The van der Waals surface area contributed by atoms with Crippen LogP contribution in [-0.4, -0.2) is 4.98 Å². The third-order valence-corrected chi connectivity index (χ3v) is 5.84. The van der Waals surface area contributed by atoms with Crippen molar-refractivity contribution in [1.29, 1.82) is 5.26 Å². The first-order chi connectivity index (χ1) is 16.0. The van der Waals surface area contributed by atoms with Crippen molar-refractivity contribution in [1.82, 2.24) is 4.98 Å². The zero-order chi connectivity index (χ0) is 22.9. The van der Waals surface area contributed by atoms with Crippen LogP contribution in [0.2, 0.25) is 5.02 Å². The van der Waals surface area contributed by atoms with Crippen LogP contribution in [0.15, 0.2) is 84.3 Å². The summed E-state index contributed by atoms with van der Waals surface area (Å²) in [6, 6.07) is 23.5. The van der Waals surface area contributed by atoms with Gasteiger partial charge in [0.1, 0.15) is 23.0 Å². The summed E-state index contributed by atoms with van der Waals surface area (Å²) in [6.07, 6.45) is 3.72. The third-order valence-electron chi connectivity index (χ3n) is 5.59. The van der Waals surface area contributed by atoms with Gasteiger partial charge in [0, 0.05) is 16.0 Å². The Morgan fingerprint density at radius 3 is 2.42 bits per heavy atom. The highest BCUT2D eigenvalue weighted by atomic mass is 35.5. The first-order valence-electron chi connectivity index (χ1n) is 10.2. The molecular weight excluding hydrogens is 437 g/mol. The molecule has 0 radical (unpaired) electrons. The molecule has 160 valence electrons. The van der Waals surface area contributed by atoms with E-state index >= 15 is 0 Å². The number of fused-ring (bicyclic) bond motifs is 3. The van der Waals surface area contributed by atoms with E-state index in [1.807, 2.05) is 48.6 Å². The molecule has 0 bridgehead atoms. The molecule has 0 fully saturated rings. The maximum absolute atomic E-state index is 13.2. The molecule has 3 aromatic carbocycles. The lowest BCUT2D eigenvalue weighted by molar-refractivity contribution is 0.397. The molecule has 1 aromatic heterocycles.